The molecule has 0 unspecified atom stereocenters. The molecular weight excluding hydrogens is 330 g/mol. The van der Waals surface area contributed by atoms with E-state index in [0.717, 1.165) is 11.3 Å². The van der Waals surface area contributed by atoms with E-state index < -0.39 is 5.97 Å². The Morgan fingerprint density at radius 1 is 1.21 bits per heavy atom. The first-order valence-corrected chi connectivity index (χ1v) is 7.86. The van der Waals surface area contributed by atoms with E-state index in [-0.39, 0.29) is 17.3 Å². The van der Waals surface area contributed by atoms with E-state index in [0.29, 0.717) is 22.0 Å². The second-order valence-electron chi connectivity index (χ2n) is 4.76. The van der Waals surface area contributed by atoms with Crippen LogP contribution < -0.4 is 15.5 Å². The molecule has 0 bridgehead atoms. The zero-order valence-corrected chi connectivity index (χ0v) is 14.0. The smallest absolute Gasteiger partial charge is 0.345 e. The third kappa shape index (κ3) is 4.56. The lowest BCUT2D eigenvalue weighted by atomic mass is 10.3. The fraction of sp³-hybridized carbons (Fsp3) is 0.188. The van der Waals surface area contributed by atoms with Crippen molar-refractivity contribution in [3.63, 3.8) is 0 Å². The SMILES string of the molecule is COc1ccccc1NCC(=O)N/N=C(/C)c1ccc(C(=O)O)s1. The van der Waals surface area contributed by atoms with Gasteiger partial charge in [-0.05, 0) is 31.2 Å². The molecule has 1 heterocycles. The topological polar surface area (TPSA) is 100 Å². The number of carbonyl (C=O) groups is 2. The summed E-state index contributed by atoms with van der Waals surface area (Å²) in [6, 6.07) is 10.4. The zero-order valence-electron chi connectivity index (χ0n) is 13.2. The minimum atomic E-state index is -0.982. The predicted octanol–water partition coefficient (Wildman–Crippen LogP) is 2.41. The highest BCUT2D eigenvalue weighted by Gasteiger charge is 2.09. The molecule has 1 amide bonds. The van der Waals surface area contributed by atoms with E-state index in [1.54, 1.807) is 32.2 Å². The van der Waals surface area contributed by atoms with Gasteiger partial charge in [-0.25, -0.2) is 10.2 Å². The van der Waals surface area contributed by atoms with Gasteiger partial charge in [-0.15, -0.1) is 11.3 Å². The summed E-state index contributed by atoms with van der Waals surface area (Å²) in [5.41, 5.74) is 3.68. The number of hydrazone groups is 1. The number of nitrogens with zero attached hydrogens (tertiary/aromatic N) is 1. The summed E-state index contributed by atoms with van der Waals surface area (Å²) in [6.45, 7) is 1.73. The van der Waals surface area contributed by atoms with Crippen molar-refractivity contribution in [1.29, 1.82) is 0 Å². The van der Waals surface area contributed by atoms with Crippen molar-refractivity contribution in [3.05, 3.63) is 46.2 Å². The van der Waals surface area contributed by atoms with Crippen LogP contribution in [0.25, 0.3) is 0 Å². The molecule has 0 atom stereocenters. The van der Waals surface area contributed by atoms with E-state index in [9.17, 15) is 9.59 Å². The molecular formula is C16H17N3O4S. The van der Waals surface area contributed by atoms with Crippen LogP contribution in [0.1, 0.15) is 21.5 Å². The monoisotopic (exact) mass is 347 g/mol. The molecule has 2 rings (SSSR count). The van der Waals surface area contributed by atoms with Gasteiger partial charge in [-0.1, -0.05) is 12.1 Å². The Kier molecular flexibility index (Phi) is 5.91. The van der Waals surface area contributed by atoms with Gasteiger partial charge in [-0.3, -0.25) is 4.79 Å². The van der Waals surface area contributed by atoms with Crippen LogP contribution in [-0.2, 0) is 4.79 Å². The Morgan fingerprint density at radius 3 is 2.58 bits per heavy atom. The number of thiophene rings is 1. The summed E-state index contributed by atoms with van der Waals surface area (Å²) >= 11 is 1.10. The van der Waals surface area contributed by atoms with Gasteiger partial charge in [0.25, 0.3) is 5.91 Å². The number of carbonyl (C=O) groups excluding carboxylic acids is 1. The fourth-order valence-electron chi connectivity index (χ4n) is 1.85. The maximum atomic E-state index is 11.9. The van der Waals surface area contributed by atoms with E-state index in [1.807, 2.05) is 12.1 Å². The molecule has 0 spiro atoms. The summed E-state index contributed by atoms with van der Waals surface area (Å²) in [7, 11) is 1.56. The molecule has 3 N–H and O–H groups in total. The van der Waals surface area contributed by atoms with Crippen LogP contribution in [0.4, 0.5) is 5.69 Å². The number of hydrogen-bond acceptors (Lipinski definition) is 6. The molecule has 0 fully saturated rings. The lowest BCUT2D eigenvalue weighted by Gasteiger charge is -2.09. The quantitative estimate of drug-likeness (QED) is 0.527. The number of amides is 1. The number of benzene rings is 1. The molecule has 0 radical (unpaired) electrons. The van der Waals surface area contributed by atoms with Crippen LogP contribution in [0.2, 0.25) is 0 Å². The molecule has 1 aromatic heterocycles. The highest BCUT2D eigenvalue weighted by Crippen LogP contribution is 2.22. The average Bonchev–Trinajstić information content (AvgIpc) is 3.08. The van der Waals surface area contributed by atoms with Gasteiger partial charge in [0.1, 0.15) is 10.6 Å². The Bertz CT molecular complexity index is 770. The van der Waals surface area contributed by atoms with Crippen molar-refractivity contribution in [3.8, 4) is 5.75 Å². The third-order valence-corrected chi connectivity index (χ3v) is 4.25. The van der Waals surface area contributed by atoms with Crippen molar-refractivity contribution >= 4 is 34.6 Å². The first-order valence-electron chi connectivity index (χ1n) is 7.04. The lowest BCUT2D eigenvalue weighted by molar-refractivity contribution is -0.119. The maximum absolute atomic E-state index is 11.9. The average molecular weight is 347 g/mol. The number of hydrogen-bond donors (Lipinski definition) is 3. The largest absolute Gasteiger partial charge is 0.495 e. The highest BCUT2D eigenvalue weighted by atomic mass is 32.1. The van der Waals surface area contributed by atoms with Crippen molar-refractivity contribution in [2.45, 2.75) is 6.92 Å². The van der Waals surface area contributed by atoms with Crippen LogP contribution >= 0.6 is 11.3 Å². The Hall–Kier alpha value is -2.87. The van der Waals surface area contributed by atoms with E-state index in [2.05, 4.69) is 15.8 Å². The summed E-state index contributed by atoms with van der Waals surface area (Å²) in [4.78, 5) is 23.6. The fourth-order valence-corrected chi connectivity index (χ4v) is 2.64. The van der Waals surface area contributed by atoms with Gasteiger partial charge < -0.3 is 15.2 Å². The second kappa shape index (κ2) is 8.11. The number of carboxylic acid groups (broad SMARTS) is 1. The van der Waals surface area contributed by atoms with Crippen molar-refractivity contribution < 1.29 is 19.4 Å². The van der Waals surface area contributed by atoms with Crippen molar-refractivity contribution in [2.75, 3.05) is 19.0 Å². The van der Waals surface area contributed by atoms with Crippen molar-refractivity contribution in [2.24, 2.45) is 5.10 Å². The van der Waals surface area contributed by atoms with Crippen LogP contribution in [0, 0.1) is 0 Å². The first-order chi connectivity index (χ1) is 11.5. The summed E-state index contributed by atoms with van der Waals surface area (Å²) in [5.74, 6) is -0.663. The summed E-state index contributed by atoms with van der Waals surface area (Å²) in [5, 5.41) is 15.9. The number of anilines is 1. The maximum Gasteiger partial charge on any atom is 0.345 e. The van der Waals surface area contributed by atoms with Gasteiger partial charge >= 0.3 is 5.97 Å². The minimum Gasteiger partial charge on any atom is -0.495 e. The number of ether oxygens (including phenoxy) is 1. The molecule has 126 valence electrons. The number of para-hydroxylation sites is 2. The van der Waals surface area contributed by atoms with Crippen LogP contribution in [0.3, 0.4) is 0 Å². The number of nitrogens with one attached hydrogen (secondary N) is 2. The van der Waals surface area contributed by atoms with Gasteiger partial charge in [0.05, 0.1) is 29.9 Å². The zero-order chi connectivity index (χ0) is 17.5. The minimum absolute atomic E-state index is 0.0297. The number of aromatic carboxylic acids is 1. The van der Waals surface area contributed by atoms with Crippen LogP contribution in [0.5, 0.6) is 5.75 Å². The van der Waals surface area contributed by atoms with Crippen LogP contribution in [-0.4, -0.2) is 36.3 Å². The first kappa shape index (κ1) is 17.5. The molecule has 0 aliphatic carbocycles. The van der Waals surface area contributed by atoms with E-state index in [4.69, 9.17) is 9.84 Å². The van der Waals surface area contributed by atoms with E-state index >= 15 is 0 Å². The molecule has 0 aliphatic rings. The number of carboxylic acids is 1. The lowest BCUT2D eigenvalue weighted by Crippen LogP contribution is -2.26. The molecule has 8 heteroatoms. The van der Waals surface area contributed by atoms with E-state index in [1.165, 1.54) is 6.07 Å². The van der Waals surface area contributed by atoms with Crippen molar-refractivity contribution in [1.82, 2.24) is 5.43 Å². The predicted molar refractivity (Wildman–Crippen MR) is 93.1 cm³/mol. The van der Waals surface area contributed by atoms with Gasteiger partial charge in [0.2, 0.25) is 0 Å². The standard InChI is InChI=1S/C16H17N3O4S/c1-10(13-7-8-14(24-13)16(21)22)18-19-15(20)9-17-11-5-3-4-6-12(11)23-2/h3-8,17H,9H2,1-2H3,(H,19,20)(H,21,22)/b18-10-. The van der Waals surface area contributed by atoms with Crippen LogP contribution in [0.15, 0.2) is 41.5 Å². The Labute approximate surface area is 143 Å². The molecule has 0 saturated carbocycles. The highest BCUT2D eigenvalue weighted by molar-refractivity contribution is 7.15. The Morgan fingerprint density at radius 2 is 1.92 bits per heavy atom. The summed E-state index contributed by atoms with van der Waals surface area (Å²) < 4.78 is 5.19. The molecule has 0 aliphatic heterocycles. The Balaban J connectivity index is 1.90. The molecule has 2 aromatic rings. The van der Waals surface area contributed by atoms with Gasteiger partial charge in [0, 0.05) is 0 Å². The third-order valence-electron chi connectivity index (χ3n) is 3.07. The molecule has 1 aromatic carbocycles. The summed E-state index contributed by atoms with van der Waals surface area (Å²) in [6.07, 6.45) is 0. The second-order valence-corrected chi connectivity index (χ2v) is 5.84. The normalized spacial score (nSPS) is 11.0. The molecule has 0 saturated heterocycles. The van der Waals surface area contributed by atoms with Gasteiger partial charge in [-0.2, -0.15) is 5.10 Å². The molecule has 24 heavy (non-hydrogen) atoms. The number of rotatable bonds is 7. The molecule has 7 nitrogen and oxygen atoms in total. The number of methoxy groups -OCH3 is 1. The van der Waals surface area contributed by atoms with Gasteiger partial charge in [0.15, 0.2) is 0 Å².